The van der Waals surface area contributed by atoms with E-state index in [1.807, 2.05) is 11.0 Å². The molecule has 0 spiro atoms. The molecular formula is C29H29F3N6O2. The van der Waals surface area contributed by atoms with Crippen LogP contribution in [-0.4, -0.2) is 62.9 Å². The molecule has 11 heteroatoms. The van der Waals surface area contributed by atoms with Crippen LogP contribution in [-0.2, 0) is 13.0 Å². The summed E-state index contributed by atoms with van der Waals surface area (Å²) in [5.74, 6) is -2.93. The summed E-state index contributed by atoms with van der Waals surface area (Å²) in [5.41, 5.74) is 2.92. The Hall–Kier alpha value is -4.12. The Morgan fingerprint density at radius 2 is 1.88 bits per heavy atom. The summed E-state index contributed by atoms with van der Waals surface area (Å²) in [7, 11) is 0. The highest BCUT2D eigenvalue weighted by Gasteiger charge is 2.29. The standard InChI is InChI=1S/C29H29F3N6O2/c1-16(10-17-11-19(30)13-21(31)26(17)32)34-22-4-5-33-28(39)25(22)27-35-23-12-18-15-38(9-8-37-6-2-3-7-37)29(40)20(18)14-24(23)36-27/h4-5,11-14,16H,2-3,6-10,15H2,1H3,(H,35,36)(H2,33,34,39)/t16-/m0/s1. The third-order valence-electron chi connectivity index (χ3n) is 7.66. The van der Waals surface area contributed by atoms with E-state index < -0.39 is 29.1 Å². The lowest BCUT2D eigenvalue weighted by Gasteiger charge is -2.20. The maximum atomic E-state index is 14.2. The smallest absolute Gasteiger partial charge is 0.261 e. The molecule has 1 amide bonds. The van der Waals surface area contributed by atoms with Crippen molar-refractivity contribution in [3.8, 4) is 11.4 Å². The molecule has 4 aromatic rings. The van der Waals surface area contributed by atoms with Crippen LogP contribution in [0, 0.1) is 17.5 Å². The minimum absolute atomic E-state index is 0.0179. The Balaban J connectivity index is 1.24. The molecular weight excluding hydrogens is 521 g/mol. The Labute approximate surface area is 228 Å². The first-order valence-corrected chi connectivity index (χ1v) is 13.4. The van der Waals surface area contributed by atoms with E-state index >= 15 is 0 Å². The number of likely N-dealkylation sites (tertiary alicyclic amines) is 1. The van der Waals surface area contributed by atoms with Crippen molar-refractivity contribution in [3.05, 3.63) is 81.0 Å². The minimum Gasteiger partial charge on any atom is -0.381 e. The summed E-state index contributed by atoms with van der Waals surface area (Å²) in [5, 5.41) is 3.15. The van der Waals surface area contributed by atoms with Crippen molar-refractivity contribution in [2.24, 2.45) is 0 Å². The molecule has 1 atom stereocenters. The fourth-order valence-electron chi connectivity index (χ4n) is 5.68. The highest BCUT2D eigenvalue weighted by molar-refractivity contribution is 6.02. The highest BCUT2D eigenvalue weighted by atomic mass is 19.2. The van der Waals surface area contributed by atoms with E-state index in [1.54, 1.807) is 19.1 Å². The van der Waals surface area contributed by atoms with Crippen molar-refractivity contribution in [2.45, 2.75) is 38.8 Å². The number of pyridine rings is 1. The number of anilines is 1. The lowest BCUT2D eigenvalue weighted by atomic mass is 10.1. The summed E-state index contributed by atoms with van der Waals surface area (Å²) in [4.78, 5) is 40.7. The van der Waals surface area contributed by atoms with Crippen LogP contribution in [0.5, 0.6) is 0 Å². The van der Waals surface area contributed by atoms with E-state index in [0.717, 1.165) is 31.3 Å². The number of imidazole rings is 1. The second-order valence-electron chi connectivity index (χ2n) is 10.6. The molecule has 0 radical (unpaired) electrons. The first-order valence-electron chi connectivity index (χ1n) is 13.4. The van der Waals surface area contributed by atoms with Gasteiger partial charge in [0.15, 0.2) is 11.6 Å². The fraction of sp³-hybridized carbons (Fsp3) is 0.345. The number of rotatable bonds is 8. The number of H-pyrrole nitrogens is 2. The van der Waals surface area contributed by atoms with Crippen LogP contribution in [0.1, 0.15) is 41.3 Å². The molecule has 4 heterocycles. The van der Waals surface area contributed by atoms with Gasteiger partial charge in [0.25, 0.3) is 11.5 Å². The molecule has 0 unspecified atom stereocenters. The molecule has 40 heavy (non-hydrogen) atoms. The van der Waals surface area contributed by atoms with Gasteiger partial charge in [-0.1, -0.05) is 0 Å². The molecule has 8 nitrogen and oxygen atoms in total. The topological polar surface area (TPSA) is 97.1 Å². The van der Waals surface area contributed by atoms with Gasteiger partial charge in [0.05, 0.1) is 16.7 Å². The third-order valence-corrected chi connectivity index (χ3v) is 7.66. The molecule has 2 aliphatic rings. The minimum atomic E-state index is -1.25. The Bertz CT molecular complexity index is 1660. The normalized spacial score (nSPS) is 16.2. The maximum Gasteiger partial charge on any atom is 0.261 e. The van der Waals surface area contributed by atoms with Crippen LogP contribution in [0.25, 0.3) is 22.4 Å². The van der Waals surface area contributed by atoms with Crippen LogP contribution >= 0.6 is 0 Å². The van der Waals surface area contributed by atoms with Crippen molar-refractivity contribution in [1.29, 1.82) is 0 Å². The molecule has 1 saturated heterocycles. The lowest BCUT2D eigenvalue weighted by molar-refractivity contribution is 0.0763. The van der Waals surface area contributed by atoms with Gasteiger partial charge < -0.3 is 25.1 Å². The second kappa shape index (κ2) is 10.5. The van der Waals surface area contributed by atoms with E-state index in [9.17, 15) is 22.8 Å². The van der Waals surface area contributed by atoms with E-state index in [1.165, 1.54) is 19.0 Å². The number of benzene rings is 2. The number of halogens is 3. The first-order chi connectivity index (χ1) is 19.3. The molecule has 0 bridgehead atoms. The molecule has 2 aromatic heterocycles. The van der Waals surface area contributed by atoms with Crippen LogP contribution in [0.3, 0.4) is 0 Å². The summed E-state index contributed by atoms with van der Waals surface area (Å²) < 4.78 is 41.5. The number of aromatic amines is 2. The number of nitrogens with one attached hydrogen (secondary N) is 3. The van der Waals surface area contributed by atoms with Crippen LogP contribution in [0.2, 0.25) is 0 Å². The molecule has 3 N–H and O–H groups in total. The monoisotopic (exact) mass is 550 g/mol. The zero-order chi connectivity index (χ0) is 28.0. The average Bonchev–Trinajstić information content (AvgIpc) is 3.64. The SMILES string of the molecule is C[C@@H](Cc1cc(F)cc(F)c1F)Nc1cc[nH]c(=O)c1-c1nc2cc3c(cc2[nH]1)CN(CCN1CCCC1)C3=O. The van der Waals surface area contributed by atoms with Gasteiger partial charge in [-0.3, -0.25) is 9.59 Å². The third kappa shape index (κ3) is 4.97. The number of amides is 1. The van der Waals surface area contributed by atoms with Crippen molar-refractivity contribution >= 4 is 22.6 Å². The first kappa shape index (κ1) is 26.1. The van der Waals surface area contributed by atoms with Gasteiger partial charge >= 0.3 is 0 Å². The number of aromatic nitrogens is 3. The number of nitrogens with zero attached hydrogens (tertiary/aromatic N) is 3. The van der Waals surface area contributed by atoms with Crippen LogP contribution < -0.4 is 10.9 Å². The van der Waals surface area contributed by atoms with E-state index in [0.29, 0.717) is 47.3 Å². The van der Waals surface area contributed by atoms with Gasteiger partial charge in [0.1, 0.15) is 17.2 Å². The largest absolute Gasteiger partial charge is 0.381 e. The van der Waals surface area contributed by atoms with Gasteiger partial charge in [-0.15, -0.1) is 0 Å². The van der Waals surface area contributed by atoms with Crippen molar-refractivity contribution in [1.82, 2.24) is 24.8 Å². The highest BCUT2D eigenvalue weighted by Crippen LogP contribution is 2.30. The number of carbonyl (C=O) groups is 1. The maximum absolute atomic E-state index is 14.2. The summed E-state index contributed by atoms with van der Waals surface area (Å²) in [6.07, 6.45) is 3.86. The Morgan fingerprint density at radius 3 is 2.67 bits per heavy atom. The van der Waals surface area contributed by atoms with Crippen LogP contribution in [0.15, 0.2) is 41.3 Å². The summed E-state index contributed by atoms with van der Waals surface area (Å²) in [6.45, 7) is 5.96. The molecule has 6 rings (SSSR count). The van der Waals surface area contributed by atoms with E-state index in [4.69, 9.17) is 0 Å². The zero-order valence-corrected chi connectivity index (χ0v) is 22.0. The zero-order valence-electron chi connectivity index (χ0n) is 22.0. The quantitative estimate of drug-likeness (QED) is 0.282. The number of hydrogen-bond acceptors (Lipinski definition) is 5. The van der Waals surface area contributed by atoms with Crippen molar-refractivity contribution < 1.29 is 18.0 Å². The van der Waals surface area contributed by atoms with Gasteiger partial charge in [0.2, 0.25) is 0 Å². The molecule has 0 saturated carbocycles. The molecule has 2 aromatic carbocycles. The van der Waals surface area contributed by atoms with Gasteiger partial charge in [-0.05, 0) is 74.7 Å². The lowest BCUT2D eigenvalue weighted by Crippen LogP contribution is -2.33. The number of hydrogen-bond donors (Lipinski definition) is 3. The Morgan fingerprint density at radius 1 is 1.07 bits per heavy atom. The average molecular weight is 551 g/mol. The van der Waals surface area contributed by atoms with E-state index in [-0.39, 0.29) is 23.5 Å². The van der Waals surface area contributed by atoms with Gasteiger partial charge in [-0.2, -0.15) is 0 Å². The molecule has 1 fully saturated rings. The van der Waals surface area contributed by atoms with Crippen molar-refractivity contribution in [3.63, 3.8) is 0 Å². The van der Waals surface area contributed by atoms with Crippen molar-refractivity contribution in [2.75, 3.05) is 31.5 Å². The predicted octanol–water partition coefficient (Wildman–Crippen LogP) is 4.43. The molecule has 208 valence electrons. The Kier molecular flexibility index (Phi) is 6.83. The number of fused-ring (bicyclic) bond motifs is 2. The van der Waals surface area contributed by atoms with E-state index in [2.05, 4.69) is 25.2 Å². The number of carbonyl (C=O) groups excluding carboxylic acids is 1. The second-order valence-corrected chi connectivity index (χ2v) is 10.6. The van der Waals surface area contributed by atoms with Crippen LogP contribution in [0.4, 0.5) is 18.9 Å². The molecule has 2 aliphatic heterocycles. The fourth-order valence-corrected chi connectivity index (χ4v) is 5.68. The van der Waals surface area contributed by atoms with Gasteiger partial charge in [0, 0.05) is 43.5 Å². The van der Waals surface area contributed by atoms with Gasteiger partial charge in [-0.25, -0.2) is 18.2 Å². The molecule has 0 aliphatic carbocycles. The predicted molar refractivity (Wildman–Crippen MR) is 146 cm³/mol. The summed E-state index contributed by atoms with van der Waals surface area (Å²) in [6, 6.07) is 6.30. The summed E-state index contributed by atoms with van der Waals surface area (Å²) >= 11 is 0.